The first-order valence-corrected chi connectivity index (χ1v) is 15.5. The summed E-state index contributed by atoms with van der Waals surface area (Å²) < 4.78 is 21.7. The van der Waals surface area contributed by atoms with Crippen LogP contribution in [0.15, 0.2) is 0 Å². The van der Waals surface area contributed by atoms with Crippen LogP contribution in [0.25, 0.3) is 0 Å². The van der Waals surface area contributed by atoms with E-state index in [2.05, 4.69) is 0 Å². The third-order valence-electron chi connectivity index (χ3n) is 5.47. The van der Waals surface area contributed by atoms with Gasteiger partial charge in [-0.2, -0.15) is 0 Å². The number of carbonyl (C=O) groups is 5. The maximum Gasteiger partial charge on any atom is 0.320 e. The average molecular weight is 646 g/mol. The van der Waals surface area contributed by atoms with E-state index in [9.17, 15) is 29.1 Å². The summed E-state index contributed by atoms with van der Waals surface area (Å²) in [6, 6.07) is 0. The Labute approximate surface area is 269 Å². The summed E-state index contributed by atoms with van der Waals surface area (Å²) in [7, 11) is 0. The van der Waals surface area contributed by atoms with Gasteiger partial charge >= 0.3 is 29.8 Å². The van der Waals surface area contributed by atoms with Crippen LogP contribution in [0.1, 0.15) is 95.9 Å². The lowest BCUT2D eigenvalue weighted by Crippen LogP contribution is -2.45. The number of ether oxygens (including phenoxy) is 4. The Balaban J connectivity index is 5.65. The molecule has 0 radical (unpaired) electrons. The largest absolute Gasteiger partial charge is 0.480 e. The van der Waals surface area contributed by atoms with Crippen LogP contribution in [0.3, 0.4) is 0 Å². The van der Waals surface area contributed by atoms with E-state index in [1.165, 1.54) is 0 Å². The number of rotatable bonds is 18. The third kappa shape index (κ3) is 26.2. The van der Waals surface area contributed by atoms with Crippen molar-refractivity contribution in [3.63, 3.8) is 0 Å². The fourth-order valence-corrected chi connectivity index (χ4v) is 3.96. The highest BCUT2D eigenvalue weighted by Gasteiger charge is 2.25. The number of hydrogen-bond donors (Lipinski definition) is 1. The molecule has 0 spiro atoms. The Morgan fingerprint density at radius 3 is 0.911 bits per heavy atom. The van der Waals surface area contributed by atoms with E-state index >= 15 is 0 Å². The van der Waals surface area contributed by atoms with E-state index in [0.29, 0.717) is 0 Å². The maximum absolute atomic E-state index is 12.6. The Morgan fingerprint density at radius 2 is 0.667 bits per heavy atom. The molecule has 0 aromatic heterocycles. The molecule has 0 unspecified atom stereocenters. The topological polar surface area (TPSA) is 152 Å². The van der Waals surface area contributed by atoms with Gasteiger partial charge < -0.3 is 24.1 Å². The second kappa shape index (κ2) is 18.4. The van der Waals surface area contributed by atoms with Gasteiger partial charge in [-0.3, -0.25) is 38.7 Å². The number of nitrogens with zero attached hydrogens (tertiary/aromatic N) is 3. The average Bonchev–Trinajstić information content (AvgIpc) is 2.77. The molecule has 0 aromatic carbocycles. The van der Waals surface area contributed by atoms with Gasteiger partial charge in [0, 0.05) is 39.3 Å². The minimum absolute atomic E-state index is 0.0350. The predicted molar refractivity (Wildman–Crippen MR) is 170 cm³/mol. The summed E-state index contributed by atoms with van der Waals surface area (Å²) in [5.74, 6) is -2.82. The van der Waals surface area contributed by atoms with Crippen molar-refractivity contribution in [2.75, 3.05) is 58.9 Å². The zero-order valence-corrected chi connectivity index (χ0v) is 29.7. The predicted octanol–water partition coefficient (Wildman–Crippen LogP) is 3.12. The van der Waals surface area contributed by atoms with Crippen molar-refractivity contribution in [3.05, 3.63) is 0 Å². The van der Waals surface area contributed by atoms with Gasteiger partial charge in [-0.15, -0.1) is 0 Å². The van der Waals surface area contributed by atoms with Crippen LogP contribution < -0.4 is 0 Å². The lowest BCUT2D eigenvalue weighted by atomic mass is 10.2. The second-order valence-electron chi connectivity index (χ2n) is 15.1. The third-order valence-corrected chi connectivity index (χ3v) is 5.47. The zero-order valence-electron chi connectivity index (χ0n) is 29.7. The fourth-order valence-electron chi connectivity index (χ4n) is 3.96. The fraction of sp³-hybridized carbons (Fsp3) is 0.844. The van der Waals surface area contributed by atoms with Gasteiger partial charge in [0.05, 0.1) is 32.5 Å². The molecule has 0 aliphatic heterocycles. The van der Waals surface area contributed by atoms with Gasteiger partial charge in [-0.1, -0.05) is 0 Å². The first-order chi connectivity index (χ1) is 20.2. The molecule has 45 heavy (non-hydrogen) atoms. The van der Waals surface area contributed by atoms with Gasteiger partial charge in [-0.05, 0) is 83.1 Å². The number of carboxylic acid groups (broad SMARTS) is 1. The minimum Gasteiger partial charge on any atom is -0.480 e. The summed E-state index contributed by atoms with van der Waals surface area (Å²) in [6.07, 6.45) is 0.0701. The van der Waals surface area contributed by atoms with Gasteiger partial charge in [-0.25, -0.2) is 0 Å². The van der Waals surface area contributed by atoms with Gasteiger partial charge in [0.2, 0.25) is 0 Å². The molecule has 1 N–H and O–H groups in total. The standard InChI is InChI=1S/C32H59N3O10/c1-29(2,3)42-25(38)13-15-33(22-27(40)44-31(7,8)9)17-19-35(21-24(36)37)20-18-34(23-28(41)45-32(10,11)12)16-14-26(39)43-30(4,5)6/h13-23H2,1-12H3,(H,36,37). The van der Waals surface area contributed by atoms with E-state index in [1.807, 2.05) is 0 Å². The molecule has 0 amide bonds. The Morgan fingerprint density at radius 1 is 0.422 bits per heavy atom. The number of aliphatic carboxylic acids is 1. The molecule has 0 fully saturated rings. The van der Waals surface area contributed by atoms with Crippen molar-refractivity contribution in [1.29, 1.82) is 0 Å². The smallest absolute Gasteiger partial charge is 0.320 e. The molecule has 0 atom stereocenters. The van der Waals surface area contributed by atoms with E-state index < -0.39 is 52.3 Å². The lowest BCUT2D eigenvalue weighted by molar-refractivity contribution is -0.159. The first kappa shape index (κ1) is 42.2. The van der Waals surface area contributed by atoms with Crippen molar-refractivity contribution in [2.24, 2.45) is 0 Å². The number of carboxylic acids is 1. The molecule has 0 heterocycles. The van der Waals surface area contributed by atoms with Crippen molar-refractivity contribution in [3.8, 4) is 0 Å². The van der Waals surface area contributed by atoms with Gasteiger partial charge in [0.1, 0.15) is 22.4 Å². The van der Waals surface area contributed by atoms with Crippen molar-refractivity contribution >= 4 is 29.8 Å². The Bertz CT molecular complexity index is 902. The number of hydrogen-bond acceptors (Lipinski definition) is 12. The first-order valence-electron chi connectivity index (χ1n) is 15.5. The van der Waals surface area contributed by atoms with E-state index in [1.54, 1.807) is 97.8 Å². The monoisotopic (exact) mass is 645 g/mol. The quantitative estimate of drug-likeness (QED) is 0.172. The normalized spacial score (nSPS) is 12.8. The maximum atomic E-state index is 12.6. The molecule has 0 saturated carbocycles. The second-order valence-corrected chi connectivity index (χ2v) is 15.1. The molecular formula is C32H59N3O10. The highest BCUT2D eigenvalue weighted by Crippen LogP contribution is 2.12. The van der Waals surface area contributed by atoms with E-state index in [4.69, 9.17) is 18.9 Å². The molecule has 0 rings (SSSR count). The van der Waals surface area contributed by atoms with Crippen LogP contribution in [0, 0.1) is 0 Å². The Kier molecular flexibility index (Phi) is 17.3. The highest BCUT2D eigenvalue weighted by atomic mass is 16.6. The van der Waals surface area contributed by atoms with Crippen LogP contribution >= 0.6 is 0 Å². The van der Waals surface area contributed by atoms with Crippen LogP contribution in [-0.2, 0) is 42.9 Å². The van der Waals surface area contributed by atoms with Crippen molar-refractivity contribution in [1.82, 2.24) is 14.7 Å². The summed E-state index contributed by atoms with van der Waals surface area (Å²) in [6.45, 7) is 22.1. The molecule has 13 heteroatoms. The molecule has 0 saturated heterocycles. The number of carbonyl (C=O) groups excluding carboxylic acids is 4. The minimum atomic E-state index is -1.05. The molecule has 0 bridgehead atoms. The van der Waals surface area contributed by atoms with Crippen molar-refractivity contribution in [2.45, 2.75) is 118 Å². The molecule has 13 nitrogen and oxygen atoms in total. The lowest BCUT2D eigenvalue weighted by Gasteiger charge is -2.30. The zero-order chi connectivity index (χ0) is 35.2. The van der Waals surface area contributed by atoms with Crippen LogP contribution in [0.2, 0.25) is 0 Å². The highest BCUT2D eigenvalue weighted by molar-refractivity contribution is 5.73. The Hall–Kier alpha value is -2.77. The van der Waals surface area contributed by atoms with E-state index in [-0.39, 0.29) is 71.7 Å². The molecule has 0 aliphatic carbocycles. The van der Waals surface area contributed by atoms with Crippen molar-refractivity contribution < 1.29 is 48.0 Å². The SMILES string of the molecule is CC(C)(C)OC(=O)CCN(CCN(CCN(CCC(=O)OC(C)(C)C)CC(=O)OC(C)(C)C)CC(=O)O)CC(=O)OC(C)(C)C. The molecule has 0 aliphatic rings. The number of esters is 4. The van der Waals surface area contributed by atoms with E-state index in [0.717, 1.165) is 0 Å². The summed E-state index contributed by atoms with van der Waals surface area (Å²) in [5.41, 5.74) is -2.69. The molecular weight excluding hydrogens is 586 g/mol. The summed E-state index contributed by atoms with van der Waals surface area (Å²) in [4.78, 5) is 66.8. The molecule has 0 aromatic rings. The van der Waals surface area contributed by atoms with Crippen LogP contribution in [-0.4, -0.2) is 131 Å². The summed E-state index contributed by atoms with van der Waals surface area (Å²) in [5, 5.41) is 9.59. The van der Waals surface area contributed by atoms with Crippen LogP contribution in [0.5, 0.6) is 0 Å². The van der Waals surface area contributed by atoms with Gasteiger partial charge in [0.15, 0.2) is 0 Å². The summed E-state index contributed by atoms with van der Waals surface area (Å²) >= 11 is 0. The van der Waals surface area contributed by atoms with Crippen LogP contribution in [0.4, 0.5) is 0 Å². The van der Waals surface area contributed by atoms with Gasteiger partial charge in [0.25, 0.3) is 0 Å². The molecule has 262 valence electrons.